The SMILES string of the molecule is CCC(CC(c1ccccc1)C(Cc1ccccc1)C(CP1CCCCC1)c1ccccc1)c1ccccc1. The lowest BCUT2D eigenvalue weighted by Crippen LogP contribution is -2.27. The molecular formula is C38H45P. The molecule has 1 heterocycles. The van der Waals surface area contributed by atoms with Gasteiger partial charge in [-0.2, -0.15) is 0 Å². The Morgan fingerprint density at radius 2 is 1.05 bits per heavy atom. The van der Waals surface area contributed by atoms with Crippen molar-refractivity contribution in [3.05, 3.63) is 144 Å². The second kappa shape index (κ2) is 14.6. The van der Waals surface area contributed by atoms with Gasteiger partial charge in [0.25, 0.3) is 0 Å². The maximum atomic E-state index is 2.43. The van der Waals surface area contributed by atoms with Crippen LogP contribution in [0.1, 0.15) is 79.0 Å². The van der Waals surface area contributed by atoms with Crippen LogP contribution in [0.4, 0.5) is 0 Å². The third-order valence-corrected chi connectivity index (χ3v) is 11.8. The molecule has 39 heavy (non-hydrogen) atoms. The second-order valence-corrected chi connectivity index (χ2v) is 14.1. The Morgan fingerprint density at radius 3 is 1.59 bits per heavy atom. The van der Waals surface area contributed by atoms with Gasteiger partial charge in [-0.25, -0.2) is 0 Å². The first kappa shape index (κ1) is 27.9. The van der Waals surface area contributed by atoms with Gasteiger partial charge in [0, 0.05) is 0 Å². The minimum atomic E-state index is 0.0968. The molecule has 202 valence electrons. The summed E-state index contributed by atoms with van der Waals surface area (Å²) < 4.78 is 0. The summed E-state index contributed by atoms with van der Waals surface area (Å²) in [6.45, 7) is 2.38. The van der Waals surface area contributed by atoms with E-state index in [4.69, 9.17) is 0 Å². The first-order valence-corrected chi connectivity index (χ1v) is 17.1. The van der Waals surface area contributed by atoms with Crippen LogP contribution in [0.5, 0.6) is 0 Å². The molecule has 4 aromatic rings. The molecule has 0 N–H and O–H groups in total. The van der Waals surface area contributed by atoms with E-state index in [2.05, 4.69) is 128 Å². The Morgan fingerprint density at radius 1 is 0.564 bits per heavy atom. The van der Waals surface area contributed by atoms with Crippen LogP contribution in [0.3, 0.4) is 0 Å². The molecule has 0 spiro atoms. The fourth-order valence-electron chi connectivity index (χ4n) is 6.89. The van der Waals surface area contributed by atoms with Crippen LogP contribution in [0.15, 0.2) is 121 Å². The van der Waals surface area contributed by atoms with E-state index in [1.54, 1.807) is 5.56 Å². The van der Waals surface area contributed by atoms with Crippen LogP contribution in [-0.4, -0.2) is 18.5 Å². The van der Waals surface area contributed by atoms with Gasteiger partial charge in [0.05, 0.1) is 0 Å². The molecular weight excluding hydrogens is 487 g/mol. The topological polar surface area (TPSA) is 0 Å². The van der Waals surface area contributed by atoms with Crippen LogP contribution < -0.4 is 0 Å². The molecule has 0 bridgehead atoms. The van der Waals surface area contributed by atoms with Crippen LogP contribution in [0.2, 0.25) is 0 Å². The normalized spacial score (nSPS) is 17.3. The molecule has 0 saturated carbocycles. The average molecular weight is 533 g/mol. The summed E-state index contributed by atoms with van der Waals surface area (Å²) in [6.07, 6.45) is 12.1. The van der Waals surface area contributed by atoms with Crippen molar-refractivity contribution in [2.75, 3.05) is 18.5 Å². The van der Waals surface area contributed by atoms with Crippen LogP contribution in [-0.2, 0) is 6.42 Å². The Labute approximate surface area is 238 Å². The maximum absolute atomic E-state index is 2.43. The van der Waals surface area contributed by atoms with Crippen molar-refractivity contribution in [3.8, 4) is 0 Å². The van der Waals surface area contributed by atoms with Crippen LogP contribution in [0.25, 0.3) is 0 Å². The quantitative estimate of drug-likeness (QED) is 0.159. The van der Waals surface area contributed by atoms with Crippen molar-refractivity contribution >= 4 is 7.92 Å². The summed E-state index contributed by atoms with van der Waals surface area (Å²) >= 11 is 0. The zero-order valence-corrected chi connectivity index (χ0v) is 24.6. The molecule has 0 aromatic heterocycles. The minimum Gasteiger partial charge on any atom is -0.106 e. The molecule has 4 aromatic carbocycles. The zero-order valence-electron chi connectivity index (χ0n) is 23.7. The smallest absolute Gasteiger partial charge is 0.00853 e. The standard InChI is InChI=1S/C38H45P/c1-2-32(33-20-10-4-11-21-33)29-36(34-22-12-5-13-23-34)37(28-31-18-8-3-9-19-31)38(35-24-14-6-15-25-35)30-39-26-16-7-17-27-39/h3-6,8-15,18-25,32,36-38H,2,7,16-17,26-30H2,1H3. The van der Waals surface area contributed by atoms with E-state index in [1.807, 2.05) is 0 Å². The Kier molecular flexibility index (Phi) is 10.4. The summed E-state index contributed by atoms with van der Waals surface area (Å²) in [5.41, 5.74) is 6.05. The molecule has 5 rings (SSSR count). The average Bonchev–Trinajstić information content (AvgIpc) is 3.02. The Hall–Kier alpha value is -2.69. The van der Waals surface area contributed by atoms with Crippen molar-refractivity contribution in [2.45, 2.75) is 63.2 Å². The highest BCUT2D eigenvalue weighted by Gasteiger charge is 2.35. The zero-order chi connectivity index (χ0) is 26.7. The first-order valence-electron chi connectivity index (χ1n) is 15.2. The lowest BCUT2D eigenvalue weighted by atomic mass is 9.69. The van der Waals surface area contributed by atoms with Gasteiger partial charge < -0.3 is 0 Å². The first-order chi connectivity index (χ1) is 19.3. The molecule has 4 unspecified atom stereocenters. The minimum absolute atomic E-state index is 0.0968. The molecule has 0 radical (unpaired) electrons. The summed E-state index contributed by atoms with van der Waals surface area (Å²) in [4.78, 5) is 0. The van der Waals surface area contributed by atoms with E-state index >= 15 is 0 Å². The summed E-state index contributed by atoms with van der Waals surface area (Å²) in [5, 5.41) is 0. The van der Waals surface area contributed by atoms with Gasteiger partial charge in [0.2, 0.25) is 0 Å². The number of hydrogen-bond donors (Lipinski definition) is 0. The molecule has 1 heteroatoms. The van der Waals surface area contributed by atoms with E-state index < -0.39 is 0 Å². The molecule has 1 saturated heterocycles. The van der Waals surface area contributed by atoms with Crippen LogP contribution in [0, 0.1) is 5.92 Å². The van der Waals surface area contributed by atoms with Gasteiger partial charge >= 0.3 is 0 Å². The summed E-state index contributed by atoms with van der Waals surface area (Å²) in [6, 6.07) is 45.7. The van der Waals surface area contributed by atoms with E-state index in [9.17, 15) is 0 Å². The van der Waals surface area contributed by atoms with Crippen molar-refractivity contribution in [3.63, 3.8) is 0 Å². The van der Waals surface area contributed by atoms with Gasteiger partial charge in [-0.3, -0.25) is 0 Å². The lowest BCUT2D eigenvalue weighted by molar-refractivity contribution is 0.328. The molecule has 4 atom stereocenters. The van der Waals surface area contributed by atoms with E-state index in [-0.39, 0.29) is 7.92 Å². The van der Waals surface area contributed by atoms with E-state index in [0.717, 1.165) is 6.42 Å². The van der Waals surface area contributed by atoms with E-state index in [0.29, 0.717) is 23.7 Å². The van der Waals surface area contributed by atoms with Gasteiger partial charge in [-0.05, 0) is 96.5 Å². The molecule has 0 aliphatic carbocycles. The predicted molar refractivity (Wildman–Crippen MR) is 171 cm³/mol. The maximum Gasteiger partial charge on any atom is -0.00853 e. The number of rotatable bonds is 12. The van der Waals surface area contributed by atoms with Crippen molar-refractivity contribution in [1.29, 1.82) is 0 Å². The Bertz CT molecular complexity index is 1200. The molecule has 0 nitrogen and oxygen atoms in total. The molecule has 1 fully saturated rings. The monoisotopic (exact) mass is 532 g/mol. The fourth-order valence-corrected chi connectivity index (χ4v) is 9.86. The summed E-state index contributed by atoms with van der Waals surface area (Å²) in [5.74, 6) is 2.20. The van der Waals surface area contributed by atoms with Crippen LogP contribution >= 0.6 is 7.92 Å². The van der Waals surface area contributed by atoms with Crippen molar-refractivity contribution in [2.24, 2.45) is 5.92 Å². The highest BCUT2D eigenvalue weighted by Crippen LogP contribution is 2.51. The summed E-state index contributed by atoms with van der Waals surface area (Å²) in [7, 11) is 0.0968. The van der Waals surface area contributed by atoms with Gasteiger partial charge in [-0.1, -0.05) is 135 Å². The highest BCUT2D eigenvalue weighted by molar-refractivity contribution is 7.57. The van der Waals surface area contributed by atoms with E-state index in [1.165, 1.54) is 67.3 Å². The third kappa shape index (κ3) is 7.70. The van der Waals surface area contributed by atoms with Gasteiger partial charge in [-0.15, -0.1) is 7.92 Å². The van der Waals surface area contributed by atoms with Gasteiger partial charge in [0.15, 0.2) is 0 Å². The van der Waals surface area contributed by atoms with Crippen molar-refractivity contribution < 1.29 is 0 Å². The van der Waals surface area contributed by atoms with Gasteiger partial charge in [0.1, 0.15) is 0 Å². The molecule has 0 amide bonds. The molecule has 1 aliphatic heterocycles. The largest absolute Gasteiger partial charge is 0.106 e. The third-order valence-electron chi connectivity index (χ3n) is 9.01. The second-order valence-electron chi connectivity index (χ2n) is 11.5. The Balaban J connectivity index is 1.59. The number of hydrogen-bond acceptors (Lipinski definition) is 0. The highest BCUT2D eigenvalue weighted by atomic mass is 31.1. The molecule has 1 aliphatic rings. The lowest BCUT2D eigenvalue weighted by Gasteiger charge is -2.39. The van der Waals surface area contributed by atoms with Crippen molar-refractivity contribution in [1.82, 2.24) is 0 Å². The predicted octanol–water partition coefficient (Wildman–Crippen LogP) is 10.7. The fraction of sp³-hybridized carbons (Fsp3) is 0.368. The number of benzene rings is 4.